The molecule has 2 aromatic rings. The maximum absolute atomic E-state index is 12.3. The van der Waals surface area contributed by atoms with Gasteiger partial charge in [0.05, 0.1) is 24.6 Å². The number of furan rings is 1. The second kappa shape index (κ2) is 8.92. The van der Waals surface area contributed by atoms with Crippen LogP contribution in [0.2, 0.25) is 0 Å². The summed E-state index contributed by atoms with van der Waals surface area (Å²) in [4.78, 5) is 25.6. The van der Waals surface area contributed by atoms with E-state index in [2.05, 4.69) is 5.32 Å². The predicted molar refractivity (Wildman–Crippen MR) is 95.3 cm³/mol. The van der Waals surface area contributed by atoms with Crippen molar-refractivity contribution < 1.29 is 18.7 Å². The molecule has 2 amide bonds. The van der Waals surface area contributed by atoms with Crippen molar-refractivity contribution in [2.24, 2.45) is 0 Å². The minimum Gasteiger partial charge on any atom is -0.489 e. The summed E-state index contributed by atoms with van der Waals surface area (Å²) >= 11 is 0. The van der Waals surface area contributed by atoms with Crippen molar-refractivity contribution in [2.45, 2.75) is 39.8 Å². The van der Waals surface area contributed by atoms with Crippen LogP contribution in [0.4, 0.5) is 5.69 Å². The van der Waals surface area contributed by atoms with Gasteiger partial charge in [0.15, 0.2) is 0 Å². The number of para-hydroxylation sites is 2. The first-order valence-electron chi connectivity index (χ1n) is 8.29. The Balaban J connectivity index is 1.92. The summed E-state index contributed by atoms with van der Waals surface area (Å²) in [6.45, 7) is 6.00. The number of nitrogens with one attached hydrogen (secondary N) is 1. The van der Waals surface area contributed by atoms with Gasteiger partial charge in [0, 0.05) is 19.9 Å². The second-order valence-electron chi connectivity index (χ2n) is 5.98. The predicted octanol–water partition coefficient (Wildman–Crippen LogP) is 3.44. The van der Waals surface area contributed by atoms with E-state index in [1.54, 1.807) is 29.4 Å². The van der Waals surface area contributed by atoms with E-state index in [0.717, 1.165) is 0 Å². The van der Waals surface area contributed by atoms with Crippen molar-refractivity contribution in [1.29, 1.82) is 0 Å². The molecule has 0 spiro atoms. The minimum atomic E-state index is -0.175. The van der Waals surface area contributed by atoms with Crippen LogP contribution in [0.15, 0.2) is 47.1 Å². The van der Waals surface area contributed by atoms with Gasteiger partial charge in [0.1, 0.15) is 11.5 Å². The summed E-state index contributed by atoms with van der Waals surface area (Å²) in [6, 6.07) is 10.9. The Hall–Kier alpha value is -2.76. The highest BCUT2D eigenvalue weighted by Crippen LogP contribution is 2.25. The van der Waals surface area contributed by atoms with Gasteiger partial charge in [-0.3, -0.25) is 9.59 Å². The zero-order valence-electron chi connectivity index (χ0n) is 14.8. The summed E-state index contributed by atoms with van der Waals surface area (Å²) in [5.41, 5.74) is 0.626. The number of rotatable bonds is 8. The Morgan fingerprint density at radius 1 is 1.20 bits per heavy atom. The minimum absolute atomic E-state index is 0.0135. The van der Waals surface area contributed by atoms with E-state index in [-0.39, 0.29) is 24.3 Å². The number of ether oxygens (including phenoxy) is 1. The van der Waals surface area contributed by atoms with Gasteiger partial charge < -0.3 is 19.4 Å². The SMILES string of the molecule is CC(=O)N(CCC(=O)Nc1ccccc1OC(C)C)Cc1ccco1. The van der Waals surface area contributed by atoms with Crippen LogP contribution in [-0.2, 0) is 16.1 Å². The van der Waals surface area contributed by atoms with Crippen LogP contribution in [0.25, 0.3) is 0 Å². The molecule has 1 N–H and O–H groups in total. The molecule has 2 rings (SSSR count). The van der Waals surface area contributed by atoms with E-state index in [9.17, 15) is 9.59 Å². The molecular weight excluding hydrogens is 320 g/mol. The Kier molecular flexibility index (Phi) is 6.62. The second-order valence-corrected chi connectivity index (χ2v) is 5.98. The zero-order chi connectivity index (χ0) is 18.2. The molecule has 0 bridgehead atoms. The van der Waals surface area contributed by atoms with E-state index < -0.39 is 0 Å². The quantitative estimate of drug-likeness (QED) is 0.796. The molecule has 134 valence electrons. The van der Waals surface area contributed by atoms with Gasteiger partial charge in [-0.25, -0.2) is 0 Å². The van der Waals surface area contributed by atoms with Gasteiger partial charge in [0.25, 0.3) is 0 Å². The molecule has 1 aromatic heterocycles. The first-order chi connectivity index (χ1) is 12.0. The lowest BCUT2D eigenvalue weighted by Gasteiger charge is -2.20. The van der Waals surface area contributed by atoms with Gasteiger partial charge in [-0.05, 0) is 38.1 Å². The molecule has 0 atom stereocenters. The fourth-order valence-electron chi connectivity index (χ4n) is 2.31. The number of amides is 2. The molecule has 25 heavy (non-hydrogen) atoms. The number of carbonyl (C=O) groups excluding carboxylic acids is 2. The van der Waals surface area contributed by atoms with Crippen LogP contribution < -0.4 is 10.1 Å². The lowest BCUT2D eigenvalue weighted by atomic mass is 10.2. The van der Waals surface area contributed by atoms with Gasteiger partial charge >= 0.3 is 0 Å². The summed E-state index contributed by atoms with van der Waals surface area (Å²) in [7, 11) is 0. The summed E-state index contributed by atoms with van der Waals surface area (Å²) in [6.07, 6.45) is 1.77. The standard InChI is InChI=1S/C19H24N2O4/c1-14(2)25-18-9-5-4-8-17(18)20-19(23)10-11-21(15(3)22)13-16-7-6-12-24-16/h4-9,12,14H,10-11,13H2,1-3H3,(H,20,23). The lowest BCUT2D eigenvalue weighted by Crippen LogP contribution is -2.31. The number of benzene rings is 1. The molecule has 0 aliphatic heterocycles. The fraction of sp³-hybridized carbons (Fsp3) is 0.368. The number of anilines is 1. The first kappa shape index (κ1) is 18.6. The average Bonchev–Trinajstić information content (AvgIpc) is 3.05. The van der Waals surface area contributed by atoms with Crippen LogP contribution in [0.1, 0.15) is 33.0 Å². The molecule has 0 aliphatic rings. The van der Waals surface area contributed by atoms with Gasteiger partial charge in [-0.1, -0.05) is 12.1 Å². The summed E-state index contributed by atoms with van der Waals surface area (Å²) in [5, 5.41) is 2.84. The monoisotopic (exact) mass is 344 g/mol. The fourth-order valence-corrected chi connectivity index (χ4v) is 2.31. The Morgan fingerprint density at radius 2 is 1.96 bits per heavy atom. The van der Waals surface area contributed by atoms with Crippen molar-refractivity contribution in [2.75, 3.05) is 11.9 Å². The van der Waals surface area contributed by atoms with Gasteiger partial charge in [-0.15, -0.1) is 0 Å². The molecule has 0 saturated heterocycles. The maximum Gasteiger partial charge on any atom is 0.226 e. The number of nitrogens with zero attached hydrogens (tertiary/aromatic N) is 1. The van der Waals surface area contributed by atoms with Crippen molar-refractivity contribution in [3.05, 3.63) is 48.4 Å². The highest BCUT2D eigenvalue weighted by molar-refractivity contribution is 5.92. The van der Waals surface area contributed by atoms with Crippen LogP contribution >= 0.6 is 0 Å². The molecule has 0 fully saturated rings. The molecule has 0 saturated carbocycles. The van der Waals surface area contributed by atoms with Gasteiger partial charge in [-0.2, -0.15) is 0 Å². The molecule has 1 heterocycles. The largest absolute Gasteiger partial charge is 0.489 e. The third kappa shape index (κ3) is 5.99. The van der Waals surface area contributed by atoms with Crippen molar-refractivity contribution >= 4 is 17.5 Å². The van der Waals surface area contributed by atoms with Crippen LogP contribution in [0.3, 0.4) is 0 Å². The van der Waals surface area contributed by atoms with Crippen molar-refractivity contribution in [1.82, 2.24) is 4.90 Å². The maximum atomic E-state index is 12.3. The molecule has 6 nitrogen and oxygen atoms in total. The topological polar surface area (TPSA) is 71.8 Å². The summed E-state index contributed by atoms with van der Waals surface area (Å²) in [5.74, 6) is 1.04. The molecule has 1 aromatic carbocycles. The third-order valence-electron chi connectivity index (χ3n) is 3.50. The smallest absolute Gasteiger partial charge is 0.226 e. The zero-order valence-corrected chi connectivity index (χ0v) is 14.8. The number of hydrogen-bond donors (Lipinski definition) is 1. The van der Waals surface area contributed by atoms with Crippen LogP contribution in [0, 0.1) is 0 Å². The highest BCUT2D eigenvalue weighted by Gasteiger charge is 2.14. The van der Waals surface area contributed by atoms with E-state index in [4.69, 9.17) is 9.15 Å². The first-order valence-corrected chi connectivity index (χ1v) is 8.29. The van der Waals surface area contributed by atoms with Crippen LogP contribution in [-0.4, -0.2) is 29.4 Å². The van der Waals surface area contributed by atoms with E-state index in [1.807, 2.05) is 32.0 Å². The molecular formula is C19H24N2O4. The lowest BCUT2D eigenvalue weighted by molar-refractivity contribution is -0.130. The molecule has 0 unspecified atom stereocenters. The Morgan fingerprint density at radius 3 is 2.60 bits per heavy atom. The molecule has 6 heteroatoms. The summed E-state index contributed by atoms with van der Waals surface area (Å²) < 4.78 is 10.9. The number of hydrogen-bond acceptors (Lipinski definition) is 4. The Labute approximate surface area is 147 Å². The third-order valence-corrected chi connectivity index (χ3v) is 3.50. The molecule has 0 radical (unpaired) electrons. The van der Waals surface area contributed by atoms with E-state index >= 15 is 0 Å². The molecule has 0 aliphatic carbocycles. The van der Waals surface area contributed by atoms with Crippen LogP contribution in [0.5, 0.6) is 5.75 Å². The van der Waals surface area contributed by atoms with E-state index in [0.29, 0.717) is 30.3 Å². The van der Waals surface area contributed by atoms with E-state index in [1.165, 1.54) is 6.92 Å². The van der Waals surface area contributed by atoms with Crippen molar-refractivity contribution in [3.63, 3.8) is 0 Å². The Bertz CT molecular complexity index is 695. The highest BCUT2D eigenvalue weighted by atomic mass is 16.5. The normalized spacial score (nSPS) is 10.6. The van der Waals surface area contributed by atoms with Crippen molar-refractivity contribution in [3.8, 4) is 5.75 Å². The van der Waals surface area contributed by atoms with Gasteiger partial charge in [0.2, 0.25) is 11.8 Å². The number of carbonyl (C=O) groups is 2. The average molecular weight is 344 g/mol.